The van der Waals surface area contributed by atoms with Crippen LogP contribution in [-0.2, 0) is 4.74 Å². The van der Waals surface area contributed by atoms with Crippen LogP contribution in [0, 0.1) is 0 Å². The molecule has 1 heterocycles. The van der Waals surface area contributed by atoms with Crippen LogP contribution in [0.15, 0.2) is 0 Å². The molecule has 0 amide bonds. The van der Waals surface area contributed by atoms with Crippen molar-refractivity contribution in [2.75, 3.05) is 19.7 Å². The lowest BCUT2D eigenvalue weighted by atomic mass is 9.92. The van der Waals surface area contributed by atoms with Gasteiger partial charge in [0.15, 0.2) is 0 Å². The summed E-state index contributed by atoms with van der Waals surface area (Å²) in [5.74, 6) is 0. The van der Waals surface area contributed by atoms with Gasteiger partial charge < -0.3 is 10.5 Å². The summed E-state index contributed by atoms with van der Waals surface area (Å²) in [5.41, 5.74) is 6.07. The molecule has 3 atom stereocenters. The Morgan fingerprint density at radius 3 is 2.60 bits per heavy atom. The van der Waals surface area contributed by atoms with E-state index in [9.17, 15) is 0 Å². The molecule has 0 bridgehead atoms. The molecule has 3 nitrogen and oxygen atoms in total. The summed E-state index contributed by atoms with van der Waals surface area (Å²) in [7, 11) is 0. The Bertz CT molecular complexity index is 192. The third kappa shape index (κ3) is 2.71. The van der Waals surface area contributed by atoms with Gasteiger partial charge in [-0.3, -0.25) is 4.90 Å². The Morgan fingerprint density at radius 2 is 2.13 bits per heavy atom. The fraction of sp³-hybridized carbons (Fsp3) is 1.00. The minimum absolute atomic E-state index is 0.138. The van der Waals surface area contributed by atoms with E-state index in [1.165, 1.54) is 0 Å². The van der Waals surface area contributed by atoms with Gasteiger partial charge in [-0.05, 0) is 26.7 Å². The maximum atomic E-state index is 5.93. The van der Waals surface area contributed by atoms with Gasteiger partial charge in [0.25, 0.3) is 0 Å². The fourth-order valence-electron chi connectivity index (χ4n) is 2.31. The molecule has 3 heteroatoms. The Morgan fingerprint density at radius 1 is 1.47 bits per heavy atom. The molecule has 0 radical (unpaired) electrons. The van der Waals surface area contributed by atoms with Gasteiger partial charge in [0, 0.05) is 24.7 Å². The van der Waals surface area contributed by atoms with E-state index in [0.717, 1.165) is 32.5 Å². The number of hydrogen-bond acceptors (Lipinski definition) is 3. The van der Waals surface area contributed by atoms with Crippen molar-refractivity contribution >= 4 is 0 Å². The molecular formula is C12H26N2O. The van der Waals surface area contributed by atoms with Crippen LogP contribution in [0.1, 0.15) is 40.5 Å². The molecule has 0 aromatic carbocycles. The highest BCUT2D eigenvalue weighted by atomic mass is 16.5. The van der Waals surface area contributed by atoms with E-state index in [-0.39, 0.29) is 5.54 Å². The van der Waals surface area contributed by atoms with Gasteiger partial charge in [-0.2, -0.15) is 0 Å². The fourth-order valence-corrected chi connectivity index (χ4v) is 2.31. The third-order valence-electron chi connectivity index (χ3n) is 3.83. The number of rotatable bonds is 4. The van der Waals surface area contributed by atoms with Crippen LogP contribution in [0.25, 0.3) is 0 Å². The average Bonchev–Trinajstić information content (AvgIpc) is 2.28. The lowest BCUT2D eigenvalue weighted by Gasteiger charge is -2.48. The van der Waals surface area contributed by atoms with Gasteiger partial charge in [-0.1, -0.05) is 13.8 Å². The predicted molar refractivity (Wildman–Crippen MR) is 63.9 cm³/mol. The summed E-state index contributed by atoms with van der Waals surface area (Å²) in [5, 5.41) is 0. The van der Waals surface area contributed by atoms with E-state index in [2.05, 4.69) is 32.6 Å². The van der Waals surface area contributed by atoms with E-state index >= 15 is 0 Å². The second-order valence-corrected chi connectivity index (χ2v) is 4.91. The molecule has 0 saturated carbocycles. The SMILES string of the molecule is CCC1COC(C)CN1C(C)(CC)CN. The summed E-state index contributed by atoms with van der Waals surface area (Å²) < 4.78 is 5.71. The normalized spacial score (nSPS) is 32.6. The van der Waals surface area contributed by atoms with Crippen molar-refractivity contribution in [3.05, 3.63) is 0 Å². The average molecular weight is 214 g/mol. The maximum Gasteiger partial charge on any atom is 0.0675 e. The Balaban J connectivity index is 2.77. The second-order valence-electron chi connectivity index (χ2n) is 4.91. The molecule has 90 valence electrons. The van der Waals surface area contributed by atoms with E-state index in [0.29, 0.717) is 12.1 Å². The van der Waals surface area contributed by atoms with Gasteiger partial charge in [0.1, 0.15) is 0 Å². The summed E-state index contributed by atoms with van der Waals surface area (Å²) in [6.07, 6.45) is 2.58. The standard InChI is InChI=1S/C12H26N2O/c1-5-11-8-15-10(3)7-14(11)12(4,6-2)9-13/h10-11H,5-9,13H2,1-4H3. The van der Waals surface area contributed by atoms with Crippen molar-refractivity contribution in [1.29, 1.82) is 0 Å². The number of hydrogen-bond donors (Lipinski definition) is 1. The number of nitrogens with zero attached hydrogens (tertiary/aromatic N) is 1. The first kappa shape index (κ1) is 12.9. The summed E-state index contributed by atoms with van der Waals surface area (Å²) in [6.45, 7) is 11.5. The summed E-state index contributed by atoms with van der Waals surface area (Å²) in [4.78, 5) is 2.56. The zero-order chi connectivity index (χ0) is 11.5. The second kappa shape index (κ2) is 5.28. The van der Waals surface area contributed by atoms with Crippen LogP contribution in [0.2, 0.25) is 0 Å². The molecule has 2 N–H and O–H groups in total. The first-order valence-electron chi connectivity index (χ1n) is 6.15. The molecule has 0 aromatic heterocycles. The van der Waals surface area contributed by atoms with Crippen LogP contribution in [0.4, 0.5) is 0 Å². The molecule has 0 aliphatic carbocycles. The van der Waals surface area contributed by atoms with Crippen LogP contribution in [-0.4, -0.2) is 42.3 Å². The summed E-state index contributed by atoms with van der Waals surface area (Å²) in [6, 6.07) is 0.537. The molecule has 0 spiro atoms. The van der Waals surface area contributed by atoms with Gasteiger partial charge in [0.05, 0.1) is 12.7 Å². The minimum Gasteiger partial charge on any atom is -0.376 e. The van der Waals surface area contributed by atoms with Gasteiger partial charge in [-0.25, -0.2) is 0 Å². The van der Waals surface area contributed by atoms with E-state index < -0.39 is 0 Å². The molecule has 0 aromatic rings. The first-order chi connectivity index (χ1) is 7.07. The summed E-state index contributed by atoms with van der Waals surface area (Å²) >= 11 is 0. The Kier molecular flexibility index (Phi) is 4.56. The molecule has 15 heavy (non-hydrogen) atoms. The quantitative estimate of drug-likeness (QED) is 0.773. The smallest absolute Gasteiger partial charge is 0.0675 e. The Hall–Kier alpha value is -0.120. The highest BCUT2D eigenvalue weighted by Gasteiger charge is 2.37. The Labute approximate surface area is 94.0 Å². The minimum atomic E-state index is 0.138. The van der Waals surface area contributed by atoms with Crippen LogP contribution in [0.5, 0.6) is 0 Å². The molecular weight excluding hydrogens is 188 g/mol. The van der Waals surface area contributed by atoms with E-state index in [1.54, 1.807) is 0 Å². The van der Waals surface area contributed by atoms with Gasteiger partial charge in [-0.15, -0.1) is 0 Å². The molecule has 1 aliphatic rings. The van der Waals surface area contributed by atoms with Gasteiger partial charge in [0.2, 0.25) is 0 Å². The maximum absolute atomic E-state index is 5.93. The highest BCUT2D eigenvalue weighted by Crippen LogP contribution is 2.26. The van der Waals surface area contributed by atoms with Crippen LogP contribution < -0.4 is 5.73 Å². The van der Waals surface area contributed by atoms with Crippen molar-refractivity contribution in [2.45, 2.75) is 58.2 Å². The van der Waals surface area contributed by atoms with Crippen molar-refractivity contribution in [2.24, 2.45) is 5.73 Å². The van der Waals surface area contributed by atoms with Crippen LogP contribution in [0.3, 0.4) is 0 Å². The number of nitrogens with two attached hydrogens (primary N) is 1. The first-order valence-corrected chi connectivity index (χ1v) is 6.15. The third-order valence-corrected chi connectivity index (χ3v) is 3.83. The lowest BCUT2D eigenvalue weighted by Crippen LogP contribution is -2.61. The van der Waals surface area contributed by atoms with Crippen molar-refractivity contribution < 1.29 is 4.74 Å². The predicted octanol–water partition coefficient (Wildman–Crippen LogP) is 1.61. The van der Waals surface area contributed by atoms with Crippen LogP contribution >= 0.6 is 0 Å². The number of morpholine rings is 1. The zero-order valence-corrected chi connectivity index (χ0v) is 10.6. The largest absolute Gasteiger partial charge is 0.376 e. The van der Waals surface area contributed by atoms with Crippen molar-refractivity contribution in [3.8, 4) is 0 Å². The molecule has 1 saturated heterocycles. The van der Waals surface area contributed by atoms with Gasteiger partial charge >= 0.3 is 0 Å². The molecule has 3 unspecified atom stereocenters. The van der Waals surface area contributed by atoms with E-state index in [1.807, 2.05) is 0 Å². The number of ether oxygens (including phenoxy) is 1. The van der Waals surface area contributed by atoms with Crippen molar-refractivity contribution in [1.82, 2.24) is 4.90 Å². The van der Waals surface area contributed by atoms with E-state index in [4.69, 9.17) is 10.5 Å². The topological polar surface area (TPSA) is 38.5 Å². The monoisotopic (exact) mass is 214 g/mol. The zero-order valence-electron chi connectivity index (χ0n) is 10.6. The highest BCUT2D eigenvalue weighted by molar-refractivity contribution is 4.92. The molecule has 1 aliphatic heterocycles. The van der Waals surface area contributed by atoms with Crippen molar-refractivity contribution in [3.63, 3.8) is 0 Å². The lowest BCUT2D eigenvalue weighted by molar-refractivity contribution is -0.0953. The molecule has 1 fully saturated rings. The molecule has 1 rings (SSSR count).